The van der Waals surface area contributed by atoms with Gasteiger partial charge in [-0.15, -0.1) is 0 Å². The van der Waals surface area contributed by atoms with Gasteiger partial charge in [-0.05, 0) is 55.2 Å². The van der Waals surface area contributed by atoms with Gasteiger partial charge in [0.2, 0.25) is 11.9 Å². The topological polar surface area (TPSA) is 74.2 Å². The zero-order valence-electron chi connectivity index (χ0n) is 19.3. The van der Waals surface area contributed by atoms with Crippen LogP contribution in [0.3, 0.4) is 0 Å². The minimum Gasteiger partial charge on any atom is -0.353 e. The number of nitrogens with zero attached hydrogens (tertiary/aromatic N) is 5. The van der Waals surface area contributed by atoms with E-state index in [1.165, 1.54) is 31.2 Å². The SMILES string of the molecule is Cc1cc(N2CCN(c3ncccn3)CC2)nc2ccc(NC(=O)CCC3CCCC3)cc12. The van der Waals surface area contributed by atoms with Gasteiger partial charge in [0, 0.05) is 56.1 Å². The second-order valence-electron chi connectivity index (χ2n) is 9.29. The monoisotopic (exact) mass is 444 g/mol. The molecule has 0 atom stereocenters. The summed E-state index contributed by atoms with van der Waals surface area (Å²) in [7, 11) is 0. The Balaban J connectivity index is 1.23. The second kappa shape index (κ2) is 9.73. The third kappa shape index (κ3) is 5.07. The lowest BCUT2D eigenvalue weighted by molar-refractivity contribution is -0.116. The molecule has 7 heteroatoms. The highest BCUT2D eigenvalue weighted by Gasteiger charge is 2.21. The Kier molecular flexibility index (Phi) is 6.37. The van der Waals surface area contributed by atoms with Crippen LogP contribution in [0.25, 0.3) is 10.9 Å². The van der Waals surface area contributed by atoms with Crippen molar-refractivity contribution in [2.24, 2.45) is 5.92 Å². The smallest absolute Gasteiger partial charge is 0.225 e. The number of carbonyl (C=O) groups is 1. The number of pyridine rings is 1. The quantitative estimate of drug-likeness (QED) is 0.600. The number of aryl methyl sites for hydroxylation is 1. The molecule has 1 saturated carbocycles. The molecule has 2 fully saturated rings. The van der Waals surface area contributed by atoms with E-state index >= 15 is 0 Å². The van der Waals surface area contributed by atoms with Crippen molar-refractivity contribution >= 4 is 34.3 Å². The van der Waals surface area contributed by atoms with Crippen LogP contribution in [-0.4, -0.2) is 47.0 Å². The summed E-state index contributed by atoms with van der Waals surface area (Å²) < 4.78 is 0. The number of hydrogen-bond acceptors (Lipinski definition) is 6. The van der Waals surface area contributed by atoms with Gasteiger partial charge in [-0.3, -0.25) is 4.79 Å². The second-order valence-corrected chi connectivity index (χ2v) is 9.29. The first-order valence-electron chi connectivity index (χ1n) is 12.1. The first kappa shape index (κ1) is 21.6. The summed E-state index contributed by atoms with van der Waals surface area (Å²) in [5.41, 5.74) is 2.99. The highest BCUT2D eigenvalue weighted by atomic mass is 16.1. The molecule has 1 aliphatic carbocycles. The standard InChI is InChI=1S/C26H32N6O/c1-19-17-24(31-13-15-32(16-14-31)26-27-11-4-12-28-26)30-23-9-8-21(18-22(19)23)29-25(33)10-7-20-5-2-3-6-20/h4,8-9,11-12,17-18,20H,2-3,5-7,10,13-16H2,1H3,(H,29,33). The van der Waals surface area contributed by atoms with Crippen LogP contribution in [-0.2, 0) is 4.79 Å². The lowest BCUT2D eigenvalue weighted by Crippen LogP contribution is -2.47. The molecule has 0 bridgehead atoms. The van der Waals surface area contributed by atoms with E-state index in [0.29, 0.717) is 6.42 Å². The molecule has 172 valence electrons. The number of aromatic nitrogens is 3. The average molecular weight is 445 g/mol. The summed E-state index contributed by atoms with van der Waals surface area (Å²) in [5, 5.41) is 4.18. The lowest BCUT2D eigenvalue weighted by atomic mass is 10.0. The minimum atomic E-state index is 0.115. The van der Waals surface area contributed by atoms with Crippen molar-refractivity contribution in [3.8, 4) is 0 Å². The molecule has 7 nitrogen and oxygen atoms in total. The molecule has 1 aliphatic heterocycles. The van der Waals surface area contributed by atoms with E-state index in [-0.39, 0.29) is 5.91 Å². The van der Waals surface area contributed by atoms with Crippen LogP contribution in [0.2, 0.25) is 0 Å². The molecule has 1 saturated heterocycles. The number of nitrogens with one attached hydrogen (secondary N) is 1. The first-order valence-corrected chi connectivity index (χ1v) is 12.1. The predicted molar refractivity (Wildman–Crippen MR) is 133 cm³/mol. The van der Waals surface area contributed by atoms with Gasteiger partial charge in [0.25, 0.3) is 0 Å². The van der Waals surface area contributed by atoms with Crippen LogP contribution in [0.1, 0.15) is 44.1 Å². The molecule has 0 unspecified atom stereocenters. The Hall–Kier alpha value is -3.22. The van der Waals surface area contributed by atoms with Crippen molar-refractivity contribution in [2.75, 3.05) is 41.3 Å². The number of fused-ring (bicyclic) bond motifs is 1. The van der Waals surface area contributed by atoms with Gasteiger partial charge in [-0.2, -0.15) is 0 Å². The summed E-state index contributed by atoms with van der Waals surface area (Å²) in [6.45, 7) is 5.62. The van der Waals surface area contributed by atoms with Crippen LogP contribution in [0.5, 0.6) is 0 Å². The van der Waals surface area contributed by atoms with E-state index in [0.717, 1.165) is 66.9 Å². The number of piperazine rings is 1. The molecular weight excluding hydrogens is 412 g/mol. The van der Waals surface area contributed by atoms with E-state index in [1.807, 2.05) is 18.2 Å². The summed E-state index contributed by atoms with van der Waals surface area (Å²) >= 11 is 0. The van der Waals surface area contributed by atoms with E-state index < -0.39 is 0 Å². The Labute approximate surface area is 195 Å². The van der Waals surface area contributed by atoms with E-state index in [4.69, 9.17) is 4.98 Å². The molecule has 33 heavy (non-hydrogen) atoms. The fraction of sp³-hybridized carbons (Fsp3) is 0.462. The highest BCUT2D eigenvalue weighted by molar-refractivity contribution is 5.94. The van der Waals surface area contributed by atoms with Gasteiger partial charge < -0.3 is 15.1 Å². The molecule has 5 rings (SSSR count). The van der Waals surface area contributed by atoms with Crippen molar-refractivity contribution in [1.82, 2.24) is 15.0 Å². The molecule has 1 amide bonds. The fourth-order valence-corrected chi connectivity index (χ4v) is 5.06. The summed E-state index contributed by atoms with van der Waals surface area (Å²) in [5.74, 6) is 2.64. The molecule has 0 spiro atoms. The van der Waals surface area contributed by atoms with Gasteiger partial charge in [0.15, 0.2) is 0 Å². The zero-order chi connectivity index (χ0) is 22.6. The van der Waals surface area contributed by atoms with Gasteiger partial charge in [-0.25, -0.2) is 15.0 Å². The Bertz CT molecular complexity index is 1100. The van der Waals surface area contributed by atoms with Gasteiger partial charge >= 0.3 is 0 Å². The number of hydrogen-bond donors (Lipinski definition) is 1. The Morgan fingerprint density at radius 2 is 1.76 bits per heavy atom. The van der Waals surface area contributed by atoms with E-state index in [2.05, 4.69) is 44.1 Å². The summed E-state index contributed by atoms with van der Waals surface area (Å²) in [6, 6.07) is 10.0. The van der Waals surface area contributed by atoms with E-state index in [9.17, 15) is 4.79 Å². The van der Waals surface area contributed by atoms with Crippen LogP contribution < -0.4 is 15.1 Å². The third-order valence-electron chi connectivity index (χ3n) is 6.98. The van der Waals surface area contributed by atoms with Gasteiger partial charge in [0.1, 0.15) is 5.82 Å². The van der Waals surface area contributed by atoms with Crippen molar-refractivity contribution in [2.45, 2.75) is 45.4 Å². The maximum atomic E-state index is 12.4. The molecular formula is C26H32N6O. The third-order valence-corrected chi connectivity index (χ3v) is 6.98. The fourth-order valence-electron chi connectivity index (χ4n) is 5.06. The first-order chi connectivity index (χ1) is 16.2. The van der Waals surface area contributed by atoms with Crippen LogP contribution in [0, 0.1) is 12.8 Å². The molecule has 1 N–H and O–H groups in total. The zero-order valence-corrected chi connectivity index (χ0v) is 19.3. The van der Waals surface area contributed by atoms with Crippen LogP contribution >= 0.6 is 0 Å². The summed E-state index contributed by atoms with van der Waals surface area (Å²) in [6.07, 6.45) is 10.4. The van der Waals surface area contributed by atoms with Gasteiger partial charge in [-0.1, -0.05) is 25.7 Å². The van der Waals surface area contributed by atoms with Gasteiger partial charge in [0.05, 0.1) is 5.52 Å². The van der Waals surface area contributed by atoms with Crippen molar-refractivity contribution in [3.63, 3.8) is 0 Å². The number of anilines is 3. The average Bonchev–Trinajstić information content (AvgIpc) is 3.38. The minimum absolute atomic E-state index is 0.115. The Morgan fingerprint density at radius 1 is 1.03 bits per heavy atom. The Morgan fingerprint density at radius 3 is 2.52 bits per heavy atom. The normalized spacial score (nSPS) is 17.0. The van der Waals surface area contributed by atoms with E-state index in [1.54, 1.807) is 12.4 Å². The molecule has 2 aromatic heterocycles. The lowest BCUT2D eigenvalue weighted by Gasteiger charge is -2.35. The summed E-state index contributed by atoms with van der Waals surface area (Å²) in [4.78, 5) is 30.6. The van der Waals surface area contributed by atoms with Crippen LogP contribution in [0.15, 0.2) is 42.7 Å². The maximum Gasteiger partial charge on any atom is 0.225 e. The molecule has 3 heterocycles. The predicted octanol–water partition coefficient (Wildman–Crippen LogP) is 4.57. The highest BCUT2D eigenvalue weighted by Crippen LogP contribution is 2.29. The molecule has 3 aromatic rings. The largest absolute Gasteiger partial charge is 0.353 e. The number of carbonyl (C=O) groups excluding carboxylic acids is 1. The molecule has 2 aliphatic rings. The number of amides is 1. The maximum absolute atomic E-state index is 12.4. The van der Waals surface area contributed by atoms with Crippen LogP contribution in [0.4, 0.5) is 17.5 Å². The van der Waals surface area contributed by atoms with Crippen molar-refractivity contribution in [1.29, 1.82) is 0 Å². The van der Waals surface area contributed by atoms with Crippen molar-refractivity contribution < 1.29 is 4.79 Å². The van der Waals surface area contributed by atoms with Crippen molar-refractivity contribution in [3.05, 3.63) is 48.3 Å². The number of benzene rings is 1. The molecule has 0 radical (unpaired) electrons. The molecule has 1 aromatic carbocycles. The number of rotatable bonds is 6.